The number of aromatic nitrogens is 3. The molecule has 0 spiro atoms. The van der Waals surface area contributed by atoms with Crippen molar-refractivity contribution >= 4 is 39.1 Å². The summed E-state index contributed by atoms with van der Waals surface area (Å²) >= 11 is 1.31. The van der Waals surface area contributed by atoms with Crippen LogP contribution in [0, 0.1) is 18.8 Å². The van der Waals surface area contributed by atoms with E-state index in [1.165, 1.54) is 28.8 Å². The van der Waals surface area contributed by atoms with Gasteiger partial charge in [-0.25, -0.2) is 15.0 Å². The summed E-state index contributed by atoms with van der Waals surface area (Å²) in [5, 5.41) is 10.3. The van der Waals surface area contributed by atoms with Gasteiger partial charge in [-0.15, -0.1) is 0 Å². The predicted molar refractivity (Wildman–Crippen MR) is 126 cm³/mol. The Morgan fingerprint density at radius 2 is 2.06 bits per heavy atom. The molecule has 3 N–H and O–H groups in total. The first-order chi connectivity index (χ1) is 15.0. The number of amides is 1. The van der Waals surface area contributed by atoms with Gasteiger partial charge in [0, 0.05) is 12.2 Å². The SMILES string of the molecule is Cc1ccc(Nc2ncnc3sc(C(=O)NCC4CCNCC4)nc23)c(CC(C)C)c1. The van der Waals surface area contributed by atoms with Crippen molar-refractivity contribution in [3.63, 3.8) is 0 Å². The lowest BCUT2D eigenvalue weighted by Crippen LogP contribution is -2.35. The largest absolute Gasteiger partial charge is 0.350 e. The highest BCUT2D eigenvalue weighted by atomic mass is 32.1. The lowest BCUT2D eigenvalue weighted by atomic mass is 9.98. The molecule has 1 amide bonds. The van der Waals surface area contributed by atoms with E-state index >= 15 is 0 Å². The van der Waals surface area contributed by atoms with Crippen LogP contribution >= 0.6 is 11.3 Å². The van der Waals surface area contributed by atoms with Gasteiger partial charge in [0.15, 0.2) is 10.8 Å². The standard InChI is InChI=1S/C23H30N6OS/c1-14(2)10-17-11-15(3)4-5-18(17)28-20-19-22(27-13-26-20)31-23(29-19)21(30)25-12-16-6-8-24-9-7-16/h4-5,11,13-14,16,24H,6-10,12H2,1-3H3,(H,25,30)(H,26,27,28). The molecule has 7 nitrogen and oxygen atoms in total. The number of hydrogen-bond acceptors (Lipinski definition) is 7. The molecule has 31 heavy (non-hydrogen) atoms. The molecule has 164 valence electrons. The summed E-state index contributed by atoms with van der Waals surface area (Å²) in [6.07, 6.45) is 4.68. The van der Waals surface area contributed by atoms with Crippen LogP contribution in [0.25, 0.3) is 10.3 Å². The number of thiazole rings is 1. The third-order valence-corrected chi connectivity index (χ3v) is 6.50. The molecule has 1 aliphatic heterocycles. The molecule has 0 unspecified atom stereocenters. The van der Waals surface area contributed by atoms with Crippen LogP contribution in [0.2, 0.25) is 0 Å². The zero-order chi connectivity index (χ0) is 21.8. The molecule has 1 fully saturated rings. The molecule has 8 heteroatoms. The maximum atomic E-state index is 12.7. The third kappa shape index (κ3) is 5.37. The monoisotopic (exact) mass is 438 g/mol. The van der Waals surface area contributed by atoms with Crippen LogP contribution in [0.5, 0.6) is 0 Å². The number of rotatable bonds is 7. The lowest BCUT2D eigenvalue weighted by Gasteiger charge is -2.22. The number of nitrogens with one attached hydrogen (secondary N) is 3. The number of carbonyl (C=O) groups is 1. The van der Waals surface area contributed by atoms with Crippen molar-refractivity contribution in [2.45, 2.75) is 40.0 Å². The second-order valence-corrected chi connectivity index (χ2v) is 9.66. The Labute approximate surface area is 187 Å². The number of carbonyl (C=O) groups excluding carboxylic acids is 1. The predicted octanol–water partition coefficient (Wildman–Crippen LogP) is 4.07. The second kappa shape index (κ2) is 9.70. The zero-order valence-electron chi connectivity index (χ0n) is 18.4. The number of fused-ring (bicyclic) bond motifs is 1. The summed E-state index contributed by atoms with van der Waals surface area (Å²) in [6, 6.07) is 6.38. The highest BCUT2D eigenvalue weighted by Gasteiger charge is 2.19. The van der Waals surface area contributed by atoms with E-state index in [1.807, 2.05) is 0 Å². The second-order valence-electron chi connectivity index (χ2n) is 8.68. The number of benzene rings is 1. The minimum absolute atomic E-state index is 0.136. The summed E-state index contributed by atoms with van der Waals surface area (Å²) in [4.78, 5) is 26.7. The summed E-state index contributed by atoms with van der Waals surface area (Å²) in [5.74, 6) is 1.57. The molecule has 1 aromatic carbocycles. The smallest absolute Gasteiger partial charge is 0.280 e. The van der Waals surface area contributed by atoms with Crippen molar-refractivity contribution < 1.29 is 4.79 Å². The Morgan fingerprint density at radius 3 is 2.84 bits per heavy atom. The fraction of sp³-hybridized carbons (Fsp3) is 0.478. The first-order valence-electron chi connectivity index (χ1n) is 11.0. The van der Waals surface area contributed by atoms with Crippen molar-refractivity contribution in [1.82, 2.24) is 25.6 Å². The first-order valence-corrected chi connectivity index (χ1v) is 11.8. The van der Waals surface area contributed by atoms with Crippen molar-refractivity contribution in [3.05, 3.63) is 40.7 Å². The molecule has 2 aromatic heterocycles. The van der Waals surface area contributed by atoms with Crippen LogP contribution < -0.4 is 16.0 Å². The van der Waals surface area contributed by atoms with E-state index in [2.05, 4.69) is 69.9 Å². The molecule has 1 saturated heterocycles. The van der Waals surface area contributed by atoms with Crippen LogP contribution in [0.3, 0.4) is 0 Å². The van der Waals surface area contributed by atoms with Crippen LogP contribution in [-0.4, -0.2) is 40.5 Å². The number of anilines is 2. The van der Waals surface area contributed by atoms with Crippen LogP contribution in [0.1, 0.15) is 47.6 Å². The van der Waals surface area contributed by atoms with Crippen molar-refractivity contribution in [2.75, 3.05) is 25.0 Å². The van der Waals surface area contributed by atoms with Gasteiger partial charge in [0.05, 0.1) is 0 Å². The van der Waals surface area contributed by atoms with Gasteiger partial charge < -0.3 is 16.0 Å². The van der Waals surface area contributed by atoms with Gasteiger partial charge in [0.25, 0.3) is 5.91 Å². The Bertz CT molecular complexity index is 1060. The van der Waals surface area contributed by atoms with Gasteiger partial charge in [-0.05, 0) is 62.7 Å². The summed E-state index contributed by atoms with van der Waals surface area (Å²) in [6.45, 7) is 9.25. The maximum Gasteiger partial charge on any atom is 0.280 e. The zero-order valence-corrected chi connectivity index (χ0v) is 19.2. The number of piperidine rings is 1. The van der Waals surface area contributed by atoms with E-state index < -0.39 is 0 Å². The molecule has 0 atom stereocenters. The quantitative estimate of drug-likeness (QED) is 0.515. The van der Waals surface area contributed by atoms with Crippen LogP contribution in [0.15, 0.2) is 24.5 Å². The van der Waals surface area contributed by atoms with Gasteiger partial charge in [0.2, 0.25) is 0 Å². The Hall–Kier alpha value is -2.58. The van der Waals surface area contributed by atoms with Gasteiger partial charge in [0.1, 0.15) is 16.7 Å². The Morgan fingerprint density at radius 1 is 1.26 bits per heavy atom. The molecule has 0 bridgehead atoms. The minimum atomic E-state index is -0.136. The average molecular weight is 439 g/mol. The Kier molecular flexibility index (Phi) is 6.77. The highest BCUT2D eigenvalue weighted by Crippen LogP contribution is 2.29. The molecule has 4 rings (SSSR count). The van der Waals surface area contributed by atoms with Crippen molar-refractivity contribution in [1.29, 1.82) is 0 Å². The van der Waals surface area contributed by atoms with Gasteiger partial charge in [-0.1, -0.05) is 42.9 Å². The van der Waals surface area contributed by atoms with Gasteiger partial charge >= 0.3 is 0 Å². The molecular weight excluding hydrogens is 408 g/mol. The summed E-state index contributed by atoms with van der Waals surface area (Å²) in [7, 11) is 0. The van der Waals surface area contributed by atoms with Crippen LogP contribution in [-0.2, 0) is 6.42 Å². The molecule has 3 heterocycles. The fourth-order valence-corrected chi connectivity index (χ4v) is 4.75. The number of nitrogens with zero attached hydrogens (tertiary/aromatic N) is 3. The van der Waals surface area contributed by atoms with Gasteiger partial charge in [-0.2, -0.15) is 0 Å². The molecular formula is C23H30N6OS. The average Bonchev–Trinajstić information content (AvgIpc) is 3.20. The van der Waals surface area contributed by atoms with E-state index in [0.717, 1.165) is 38.0 Å². The maximum absolute atomic E-state index is 12.7. The normalized spacial score (nSPS) is 14.8. The minimum Gasteiger partial charge on any atom is -0.350 e. The number of aryl methyl sites for hydroxylation is 1. The fourth-order valence-electron chi connectivity index (χ4n) is 3.92. The van der Waals surface area contributed by atoms with Crippen molar-refractivity contribution in [3.8, 4) is 0 Å². The first kappa shape index (κ1) is 21.6. The lowest BCUT2D eigenvalue weighted by molar-refractivity contribution is 0.0944. The molecule has 1 aliphatic rings. The summed E-state index contributed by atoms with van der Waals surface area (Å²) < 4.78 is 0. The van der Waals surface area contributed by atoms with E-state index in [0.29, 0.717) is 39.6 Å². The third-order valence-electron chi connectivity index (χ3n) is 5.54. The highest BCUT2D eigenvalue weighted by molar-refractivity contribution is 7.19. The van der Waals surface area contributed by atoms with E-state index in [4.69, 9.17) is 0 Å². The topological polar surface area (TPSA) is 91.8 Å². The molecule has 0 aliphatic carbocycles. The van der Waals surface area contributed by atoms with E-state index in [9.17, 15) is 4.79 Å². The van der Waals surface area contributed by atoms with Gasteiger partial charge in [-0.3, -0.25) is 4.79 Å². The van der Waals surface area contributed by atoms with Crippen LogP contribution in [0.4, 0.5) is 11.5 Å². The molecule has 3 aromatic rings. The van der Waals surface area contributed by atoms with E-state index in [-0.39, 0.29) is 5.91 Å². The van der Waals surface area contributed by atoms with Crippen molar-refractivity contribution in [2.24, 2.45) is 11.8 Å². The number of hydrogen-bond donors (Lipinski definition) is 3. The summed E-state index contributed by atoms with van der Waals surface area (Å²) in [5.41, 5.74) is 4.13. The Balaban J connectivity index is 1.53. The molecule has 0 saturated carbocycles. The van der Waals surface area contributed by atoms with E-state index in [1.54, 1.807) is 0 Å². The molecule has 0 radical (unpaired) electrons.